The van der Waals surface area contributed by atoms with Crippen LogP contribution in [-0.2, 0) is 28.8 Å². The van der Waals surface area contributed by atoms with Crippen LogP contribution in [0.2, 0.25) is 0 Å². The highest BCUT2D eigenvalue weighted by molar-refractivity contribution is 5.94. The minimum Gasteiger partial charge on any atom is -0.481 e. The van der Waals surface area contributed by atoms with Gasteiger partial charge in [-0.2, -0.15) is 0 Å². The van der Waals surface area contributed by atoms with E-state index >= 15 is 0 Å². The summed E-state index contributed by atoms with van der Waals surface area (Å²) in [6, 6.07) is -4.33. The summed E-state index contributed by atoms with van der Waals surface area (Å²) >= 11 is 0. The van der Waals surface area contributed by atoms with Crippen LogP contribution in [0.5, 0.6) is 0 Å². The first-order chi connectivity index (χ1) is 17.5. The molecule has 0 spiro atoms. The van der Waals surface area contributed by atoms with Gasteiger partial charge in [-0.05, 0) is 38.8 Å². The molecule has 4 atom stereocenters. The van der Waals surface area contributed by atoms with Gasteiger partial charge >= 0.3 is 17.9 Å². The molecule has 0 aromatic rings. The molecule has 1 saturated heterocycles. The summed E-state index contributed by atoms with van der Waals surface area (Å²) in [5.74, 6) is -6.28. The molecule has 0 radical (unpaired) electrons. The Labute approximate surface area is 213 Å². The standard InChI is InChI=1S/C22H37N5O10/c23-8-2-1-4-13(11-27-9-3-5-16(27)22(36)37)24-20(34)14(10-19(32)33)26-21(35)15(12-28)25-17(29)6-7-18(30)31/h13-16,28H,1-12,23H2,(H,24,34)(H,25,29)(H,26,35)(H,30,31)(H,32,33)(H,36,37). The lowest BCUT2D eigenvalue weighted by Gasteiger charge is -2.29. The van der Waals surface area contributed by atoms with Crippen molar-refractivity contribution >= 4 is 35.6 Å². The van der Waals surface area contributed by atoms with Gasteiger partial charge in [0.2, 0.25) is 17.7 Å². The Bertz CT molecular complexity index is 824. The molecule has 1 aliphatic heterocycles. The summed E-state index contributed by atoms with van der Waals surface area (Å²) in [5.41, 5.74) is 5.54. The second-order valence-electron chi connectivity index (χ2n) is 8.84. The maximum Gasteiger partial charge on any atom is 0.320 e. The van der Waals surface area contributed by atoms with Crippen molar-refractivity contribution in [3.63, 3.8) is 0 Å². The summed E-state index contributed by atoms with van der Waals surface area (Å²) in [5, 5.41) is 43.9. The molecule has 9 N–H and O–H groups in total. The molecular formula is C22H37N5O10. The third-order valence-electron chi connectivity index (χ3n) is 5.87. The van der Waals surface area contributed by atoms with Crippen molar-refractivity contribution < 1.29 is 49.2 Å². The molecule has 1 heterocycles. The fraction of sp³-hybridized carbons (Fsp3) is 0.727. The number of nitrogens with one attached hydrogen (secondary N) is 3. The zero-order valence-corrected chi connectivity index (χ0v) is 20.6. The van der Waals surface area contributed by atoms with E-state index in [0.717, 1.165) is 0 Å². The van der Waals surface area contributed by atoms with E-state index in [4.69, 9.17) is 10.8 Å². The number of unbranched alkanes of at least 4 members (excludes halogenated alkanes) is 1. The molecule has 0 bridgehead atoms. The molecule has 1 rings (SSSR count). The van der Waals surface area contributed by atoms with E-state index in [2.05, 4.69) is 16.0 Å². The molecule has 210 valence electrons. The van der Waals surface area contributed by atoms with Crippen molar-refractivity contribution in [3.8, 4) is 0 Å². The highest BCUT2D eigenvalue weighted by Crippen LogP contribution is 2.18. The van der Waals surface area contributed by atoms with Gasteiger partial charge in [-0.1, -0.05) is 6.42 Å². The van der Waals surface area contributed by atoms with Crippen molar-refractivity contribution in [2.24, 2.45) is 5.73 Å². The number of hydrogen-bond acceptors (Lipinski definition) is 9. The number of aliphatic carboxylic acids is 3. The van der Waals surface area contributed by atoms with Gasteiger partial charge in [0.1, 0.15) is 18.1 Å². The lowest BCUT2D eigenvalue weighted by Crippen LogP contribution is -2.57. The second kappa shape index (κ2) is 16.4. The minimum absolute atomic E-state index is 0.208. The van der Waals surface area contributed by atoms with Gasteiger partial charge in [0.05, 0.1) is 19.4 Å². The molecule has 15 nitrogen and oxygen atoms in total. The maximum atomic E-state index is 13.0. The van der Waals surface area contributed by atoms with Crippen LogP contribution in [0, 0.1) is 0 Å². The fourth-order valence-electron chi connectivity index (χ4n) is 3.99. The number of carbonyl (C=O) groups excluding carboxylic acids is 3. The highest BCUT2D eigenvalue weighted by atomic mass is 16.4. The van der Waals surface area contributed by atoms with Gasteiger partial charge < -0.3 is 42.1 Å². The quantitative estimate of drug-likeness (QED) is 0.0851. The van der Waals surface area contributed by atoms with Crippen LogP contribution in [0.3, 0.4) is 0 Å². The Morgan fingerprint density at radius 2 is 1.57 bits per heavy atom. The maximum absolute atomic E-state index is 13.0. The largest absolute Gasteiger partial charge is 0.481 e. The van der Waals surface area contributed by atoms with Crippen LogP contribution in [-0.4, -0.2) is 111 Å². The lowest BCUT2D eigenvalue weighted by atomic mass is 10.1. The van der Waals surface area contributed by atoms with E-state index in [0.29, 0.717) is 45.2 Å². The molecule has 0 aromatic carbocycles. The van der Waals surface area contributed by atoms with Crippen molar-refractivity contribution in [1.29, 1.82) is 0 Å². The van der Waals surface area contributed by atoms with Crippen LogP contribution in [0.4, 0.5) is 0 Å². The van der Waals surface area contributed by atoms with Crippen molar-refractivity contribution in [2.45, 2.75) is 75.5 Å². The first-order valence-corrected chi connectivity index (χ1v) is 12.1. The number of amides is 3. The number of rotatable bonds is 18. The number of likely N-dealkylation sites (tertiary alicyclic amines) is 1. The SMILES string of the molecule is NCCCCC(CN1CCCC1C(=O)O)NC(=O)C(CC(=O)O)NC(=O)C(CO)NC(=O)CCC(=O)O. The zero-order valence-electron chi connectivity index (χ0n) is 20.6. The summed E-state index contributed by atoms with van der Waals surface area (Å²) in [6.45, 7) is 0.273. The van der Waals surface area contributed by atoms with E-state index in [1.807, 2.05) is 0 Å². The Hall–Kier alpha value is -3.30. The molecule has 1 fully saturated rings. The number of aliphatic hydroxyl groups is 1. The van der Waals surface area contributed by atoms with Crippen LogP contribution >= 0.6 is 0 Å². The zero-order chi connectivity index (χ0) is 28.0. The van der Waals surface area contributed by atoms with E-state index in [9.17, 15) is 44.1 Å². The van der Waals surface area contributed by atoms with E-state index in [-0.39, 0.29) is 6.54 Å². The molecule has 15 heteroatoms. The number of nitrogens with two attached hydrogens (primary N) is 1. The first-order valence-electron chi connectivity index (χ1n) is 12.1. The van der Waals surface area contributed by atoms with Gasteiger partial charge in [0.15, 0.2) is 0 Å². The average Bonchev–Trinajstić information content (AvgIpc) is 3.28. The molecule has 37 heavy (non-hydrogen) atoms. The van der Waals surface area contributed by atoms with Crippen molar-refractivity contribution in [1.82, 2.24) is 20.9 Å². The summed E-state index contributed by atoms with van der Waals surface area (Å²) in [7, 11) is 0. The summed E-state index contributed by atoms with van der Waals surface area (Å²) in [4.78, 5) is 72.6. The Balaban J connectivity index is 2.90. The third kappa shape index (κ3) is 12.0. The number of nitrogens with zero attached hydrogens (tertiary/aromatic N) is 1. The Morgan fingerprint density at radius 3 is 2.14 bits per heavy atom. The van der Waals surface area contributed by atoms with Crippen LogP contribution in [0.25, 0.3) is 0 Å². The molecule has 0 aromatic heterocycles. The van der Waals surface area contributed by atoms with Gasteiger partial charge in [-0.3, -0.25) is 33.7 Å². The second-order valence-corrected chi connectivity index (χ2v) is 8.84. The summed E-state index contributed by atoms with van der Waals surface area (Å²) < 4.78 is 0. The number of carbonyl (C=O) groups is 6. The number of carboxylic acid groups (broad SMARTS) is 3. The van der Waals surface area contributed by atoms with Crippen molar-refractivity contribution in [2.75, 3.05) is 26.2 Å². The van der Waals surface area contributed by atoms with Gasteiger partial charge in [-0.25, -0.2) is 0 Å². The molecule has 1 aliphatic rings. The molecule has 0 aliphatic carbocycles. The average molecular weight is 532 g/mol. The predicted octanol–water partition coefficient (Wildman–Crippen LogP) is -2.55. The van der Waals surface area contributed by atoms with Gasteiger partial charge in [-0.15, -0.1) is 0 Å². The molecular weight excluding hydrogens is 494 g/mol. The van der Waals surface area contributed by atoms with Gasteiger partial charge in [0, 0.05) is 19.0 Å². The fourth-order valence-corrected chi connectivity index (χ4v) is 3.99. The first kappa shape index (κ1) is 31.7. The third-order valence-corrected chi connectivity index (χ3v) is 5.87. The van der Waals surface area contributed by atoms with Crippen molar-refractivity contribution in [3.05, 3.63) is 0 Å². The summed E-state index contributed by atoms with van der Waals surface area (Å²) in [6.07, 6.45) is 1.13. The number of carboxylic acids is 3. The smallest absolute Gasteiger partial charge is 0.320 e. The minimum atomic E-state index is -1.55. The topological polar surface area (TPSA) is 249 Å². The monoisotopic (exact) mass is 531 g/mol. The number of aliphatic hydroxyl groups excluding tert-OH is 1. The number of hydrogen-bond donors (Lipinski definition) is 8. The van der Waals surface area contributed by atoms with E-state index in [1.165, 1.54) is 0 Å². The lowest BCUT2D eigenvalue weighted by molar-refractivity contribution is -0.143. The normalized spacial score (nSPS) is 17.8. The van der Waals surface area contributed by atoms with Crippen LogP contribution < -0.4 is 21.7 Å². The van der Waals surface area contributed by atoms with Crippen LogP contribution in [0.15, 0.2) is 0 Å². The van der Waals surface area contributed by atoms with Crippen LogP contribution in [0.1, 0.15) is 51.4 Å². The van der Waals surface area contributed by atoms with E-state index < -0.39 is 85.7 Å². The van der Waals surface area contributed by atoms with E-state index in [1.54, 1.807) is 4.90 Å². The molecule has 4 unspecified atom stereocenters. The Morgan fingerprint density at radius 1 is 0.892 bits per heavy atom. The highest BCUT2D eigenvalue weighted by Gasteiger charge is 2.34. The Kier molecular flexibility index (Phi) is 14.1. The molecule has 0 saturated carbocycles. The molecule has 3 amide bonds. The predicted molar refractivity (Wildman–Crippen MR) is 127 cm³/mol. The van der Waals surface area contributed by atoms with Gasteiger partial charge in [0.25, 0.3) is 0 Å².